The van der Waals surface area contributed by atoms with Gasteiger partial charge in [0.25, 0.3) is 0 Å². The molecule has 1 unspecified atom stereocenters. The van der Waals surface area contributed by atoms with Crippen LogP contribution in [0.4, 0.5) is 9.18 Å². The summed E-state index contributed by atoms with van der Waals surface area (Å²) in [5.74, 6) is -1.62. The third-order valence-electron chi connectivity index (χ3n) is 6.16. The zero-order valence-corrected chi connectivity index (χ0v) is 18.9. The van der Waals surface area contributed by atoms with Crippen LogP contribution in [0.1, 0.15) is 69.5 Å². The molecule has 2 aromatic rings. The van der Waals surface area contributed by atoms with E-state index in [0.717, 1.165) is 0 Å². The van der Waals surface area contributed by atoms with Gasteiger partial charge in [0.15, 0.2) is 5.82 Å². The quantitative estimate of drug-likeness (QED) is 0.717. The number of benzene rings is 1. The molecule has 0 radical (unpaired) electrons. The van der Waals surface area contributed by atoms with Gasteiger partial charge in [0.05, 0.1) is 11.6 Å². The first-order valence-electron chi connectivity index (χ1n) is 11.0. The van der Waals surface area contributed by atoms with Crippen molar-refractivity contribution in [3.63, 3.8) is 0 Å². The van der Waals surface area contributed by atoms with Crippen molar-refractivity contribution in [1.82, 2.24) is 20.0 Å². The maximum Gasteiger partial charge on any atom is 0.410 e. The molecule has 3 amide bonds. The van der Waals surface area contributed by atoms with Crippen molar-refractivity contribution in [3.05, 3.63) is 29.2 Å². The molecule has 4 rings (SSSR count). The van der Waals surface area contributed by atoms with Crippen molar-refractivity contribution < 1.29 is 23.5 Å². The molecule has 1 N–H and O–H groups in total. The second kappa shape index (κ2) is 8.18. The Labute approximate surface area is 186 Å². The minimum atomic E-state index is -0.571. The Bertz CT molecular complexity index is 1080. The van der Waals surface area contributed by atoms with E-state index in [9.17, 15) is 14.4 Å². The number of halogens is 1. The van der Waals surface area contributed by atoms with E-state index in [-0.39, 0.29) is 36.1 Å². The number of ether oxygens (including phenoxy) is 1. The number of carbonyl (C=O) groups is 3. The lowest BCUT2D eigenvalue weighted by Crippen LogP contribution is -2.41. The van der Waals surface area contributed by atoms with Crippen LogP contribution < -0.4 is 5.32 Å². The number of amides is 3. The standard InChI is InChI=1S/C23H29FN4O4/c1-23(2,3)32-22(31)28-11-9-13(10-12-28)14-5-6-15-19(26-27(4)20(15)18(14)24)16-7-8-17(29)25-21(16)30/h5-6,13,16H,7-12H2,1-4H3,(H,25,29,30). The number of hydrogen-bond acceptors (Lipinski definition) is 5. The molecular formula is C23H29FN4O4. The number of piperidine rings is 2. The second-order valence-electron chi connectivity index (χ2n) is 9.62. The van der Waals surface area contributed by atoms with Gasteiger partial charge in [0.2, 0.25) is 11.8 Å². The SMILES string of the molecule is Cn1nc(C2CCC(=O)NC2=O)c2ccc(C3CCN(C(=O)OC(C)(C)C)CC3)c(F)c21. The van der Waals surface area contributed by atoms with E-state index in [1.165, 1.54) is 4.68 Å². The highest BCUT2D eigenvalue weighted by atomic mass is 19.1. The molecule has 2 saturated heterocycles. The summed E-state index contributed by atoms with van der Waals surface area (Å²) < 4.78 is 22.5. The summed E-state index contributed by atoms with van der Waals surface area (Å²) in [5.41, 5.74) is 0.902. The molecule has 0 aliphatic carbocycles. The van der Waals surface area contributed by atoms with E-state index in [1.807, 2.05) is 26.8 Å². The van der Waals surface area contributed by atoms with Gasteiger partial charge in [-0.25, -0.2) is 9.18 Å². The topological polar surface area (TPSA) is 93.5 Å². The molecule has 2 aliphatic heterocycles. The Hall–Kier alpha value is -2.97. The van der Waals surface area contributed by atoms with Crippen LogP contribution in [0, 0.1) is 5.82 Å². The van der Waals surface area contributed by atoms with E-state index in [2.05, 4.69) is 10.4 Å². The lowest BCUT2D eigenvalue weighted by Gasteiger charge is -2.33. The largest absolute Gasteiger partial charge is 0.444 e. The molecule has 2 fully saturated rings. The number of aryl methyl sites for hydroxylation is 1. The van der Waals surface area contributed by atoms with Gasteiger partial charge >= 0.3 is 6.09 Å². The van der Waals surface area contributed by atoms with Crippen molar-refractivity contribution in [1.29, 1.82) is 0 Å². The third kappa shape index (κ3) is 4.20. The molecule has 0 spiro atoms. The summed E-state index contributed by atoms with van der Waals surface area (Å²) >= 11 is 0. The van der Waals surface area contributed by atoms with Crippen LogP contribution in [0.3, 0.4) is 0 Å². The number of likely N-dealkylation sites (tertiary alicyclic amines) is 1. The first kappa shape index (κ1) is 22.2. The van der Waals surface area contributed by atoms with Gasteiger partial charge in [0, 0.05) is 31.9 Å². The summed E-state index contributed by atoms with van der Waals surface area (Å²) in [4.78, 5) is 37.8. The zero-order chi connectivity index (χ0) is 23.2. The molecule has 3 heterocycles. The molecule has 1 aromatic heterocycles. The van der Waals surface area contributed by atoms with Gasteiger partial charge in [-0.3, -0.25) is 19.6 Å². The highest BCUT2D eigenvalue weighted by Gasteiger charge is 2.34. The first-order valence-corrected chi connectivity index (χ1v) is 11.0. The number of aromatic nitrogens is 2. The average Bonchev–Trinajstić information content (AvgIpc) is 3.04. The summed E-state index contributed by atoms with van der Waals surface area (Å²) in [5, 5.41) is 7.38. The van der Waals surface area contributed by atoms with Gasteiger partial charge in [-0.05, 0) is 51.5 Å². The molecule has 2 aliphatic rings. The lowest BCUT2D eigenvalue weighted by atomic mass is 9.87. The highest BCUT2D eigenvalue weighted by Crippen LogP contribution is 2.36. The number of nitrogens with zero attached hydrogens (tertiary/aromatic N) is 3. The van der Waals surface area contributed by atoms with Crippen molar-refractivity contribution in [2.24, 2.45) is 7.05 Å². The fourth-order valence-corrected chi connectivity index (χ4v) is 4.60. The highest BCUT2D eigenvalue weighted by molar-refractivity contribution is 6.02. The Morgan fingerprint density at radius 1 is 1.19 bits per heavy atom. The summed E-state index contributed by atoms with van der Waals surface area (Å²) in [7, 11) is 1.66. The van der Waals surface area contributed by atoms with E-state index >= 15 is 4.39 Å². The Kier molecular flexibility index (Phi) is 5.68. The van der Waals surface area contributed by atoms with Crippen LogP contribution in [-0.2, 0) is 21.4 Å². The van der Waals surface area contributed by atoms with Crippen LogP contribution in [0.25, 0.3) is 10.9 Å². The lowest BCUT2D eigenvalue weighted by molar-refractivity contribution is -0.134. The van der Waals surface area contributed by atoms with Crippen LogP contribution in [0.5, 0.6) is 0 Å². The molecule has 1 aromatic carbocycles. The summed E-state index contributed by atoms with van der Waals surface area (Å²) in [6.07, 6.45) is 1.54. The number of nitrogens with one attached hydrogen (secondary N) is 1. The Morgan fingerprint density at radius 3 is 2.50 bits per heavy atom. The molecule has 9 heteroatoms. The van der Waals surface area contributed by atoms with E-state index in [1.54, 1.807) is 18.0 Å². The molecule has 0 bridgehead atoms. The number of rotatable bonds is 2. The predicted octanol–water partition coefficient (Wildman–Crippen LogP) is 3.35. The first-order chi connectivity index (χ1) is 15.0. The maximum absolute atomic E-state index is 15.6. The van der Waals surface area contributed by atoms with Crippen molar-refractivity contribution >= 4 is 28.8 Å². The van der Waals surface area contributed by atoms with E-state index < -0.39 is 11.5 Å². The molecule has 32 heavy (non-hydrogen) atoms. The van der Waals surface area contributed by atoms with Crippen molar-refractivity contribution in [3.8, 4) is 0 Å². The fraction of sp³-hybridized carbons (Fsp3) is 0.565. The number of carbonyl (C=O) groups excluding carboxylic acids is 3. The van der Waals surface area contributed by atoms with Gasteiger partial charge in [-0.2, -0.15) is 5.10 Å². The van der Waals surface area contributed by atoms with Gasteiger partial charge in [0.1, 0.15) is 11.1 Å². The van der Waals surface area contributed by atoms with Gasteiger partial charge in [-0.1, -0.05) is 12.1 Å². The number of hydrogen-bond donors (Lipinski definition) is 1. The van der Waals surface area contributed by atoms with E-state index in [4.69, 9.17) is 4.74 Å². The summed E-state index contributed by atoms with van der Waals surface area (Å²) in [6.45, 7) is 6.51. The third-order valence-corrected chi connectivity index (χ3v) is 6.16. The van der Waals surface area contributed by atoms with Crippen LogP contribution in [0.2, 0.25) is 0 Å². The maximum atomic E-state index is 15.6. The Balaban J connectivity index is 1.55. The van der Waals surface area contributed by atoms with Crippen molar-refractivity contribution in [2.45, 2.75) is 63.9 Å². The molecule has 1 atom stereocenters. The fourth-order valence-electron chi connectivity index (χ4n) is 4.60. The van der Waals surface area contributed by atoms with Crippen LogP contribution in [0.15, 0.2) is 12.1 Å². The average molecular weight is 445 g/mol. The number of fused-ring (bicyclic) bond motifs is 1. The van der Waals surface area contributed by atoms with Crippen LogP contribution in [-0.4, -0.2) is 51.3 Å². The summed E-state index contributed by atoms with van der Waals surface area (Å²) in [6, 6.07) is 3.59. The molecule has 8 nitrogen and oxygen atoms in total. The molecule has 0 saturated carbocycles. The predicted molar refractivity (Wildman–Crippen MR) is 116 cm³/mol. The van der Waals surface area contributed by atoms with Gasteiger partial charge < -0.3 is 9.64 Å². The van der Waals surface area contributed by atoms with Gasteiger partial charge in [-0.15, -0.1) is 0 Å². The monoisotopic (exact) mass is 444 g/mol. The molecular weight excluding hydrogens is 415 g/mol. The Morgan fingerprint density at radius 2 is 1.88 bits per heavy atom. The smallest absolute Gasteiger partial charge is 0.410 e. The van der Waals surface area contributed by atoms with E-state index in [0.29, 0.717) is 54.5 Å². The normalized spacial score (nSPS) is 20.5. The minimum absolute atomic E-state index is 0.0213. The number of imide groups is 1. The zero-order valence-electron chi connectivity index (χ0n) is 18.9. The minimum Gasteiger partial charge on any atom is -0.444 e. The molecule has 172 valence electrons. The second-order valence-corrected chi connectivity index (χ2v) is 9.62. The van der Waals surface area contributed by atoms with Crippen LogP contribution >= 0.6 is 0 Å². The van der Waals surface area contributed by atoms with Crippen molar-refractivity contribution in [2.75, 3.05) is 13.1 Å².